The molecule has 0 aliphatic carbocycles. The molecule has 93 heavy (non-hydrogen) atoms. The number of aliphatic hydroxyl groups is 1. The van der Waals surface area contributed by atoms with Crippen molar-refractivity contribution >= 4 is 54.5 Å². The molecule has 2 amide bonds. The van der Waals surface area contributed by atoms with E-state index in [1.807, 2.05) is 133 Å². The summed E-state index contributed by atoms with van der Waals surface area (Å²) in [6.07, 6.45) is 2.04. The third kappa shape index (κ3) is 35.7. The molecular weight excluding hydrogens is 1200 g/mol. The first-order valence-electron chi connectivity index (χ1n) is 32.1. The van der Waals surface area contributed by atoms with Crippen molar-refractivity contribution in [2.24, 2.45) is 35.5 Å². The second-order valence-electron chi connectivity index (χ2n) is 26.7. The van der Waals surface area contributed by atoms with Gasteiger partial charge in [-0.25, -0.2) is 14.4 Å². The van der Waals surface area contributed by atoms with E-state index in [0.717, 1.165) is 42.2 Å². The van der Waals surface area contributed by atoms with E-state index in [-0.39, 0.29) is 69.9 Å². The third-order valence-corrected chi connectivity index (χ3v) is 12.7. The lowest BCUT2D eigenvalue weighted by atomic mass is 9.96. The number of rotatable bonds is 17. The number of carbonyl (C=O) groups is 8. The van der Waals surface area contributed by atoms with Crippen LogP contribution < -0.4 is 5.32 Å². The van der Waals surface area contributed by atoms with Crippen molar-refractivity contribution in [1.29, 1.82) is 0 Å². The Hall–Kier alpha value is -7.85. The average molecular weight is 1310 g/mol. The second kappa shape index (κ2) is 41.0. The fourth-order valence-electron chi connectivity index (χ4n) is 8.57. The van der Waals surface area contributed by atoms with Crippen LogP contribution in [0, 0.1) is 35.5 Å². The topological polar surface area (TPSA) is 275 Å². The molecule has 22 nitrogen and oxygen atoms in total. The first-order chi connectivity index (χ1) is 43.9. The van der Waals surface area contributed by atoms with Crippen LogP contribution in [-0.2, 0) is 96.0 Å². The lowest BCUT2D eigenvalue weighted by Crippen LogP contribution is -2.36. The molecule has 520 valence electrons. The van der Waals surface area contributed by atoms with Crippen molar-refractivity contribution < 1.29 is 92.3 Å². The predicted molar refractivity (Wildman–Crippen MR) is 351 cm³/mol. The number of likely N-dealkylation sites (tertiary alicyclic amines) is 2. The van der Waals surface area contributed by atoms with E-state index < -0.39 is 87.7 Å². The van der Waals surface area contributed by atoms with E-state index >= 15 is 0 Å². The van der Waals surface area contributed by atoms with Crippen LogP contribution in [0.5, 0.6) is 0 Å². The summed E-state index contributed by atoms with van der Waals surface area (Å²) >= 11 is 0. The molecule has 3 aliphatic heterocycles. The van der Waals surface area contributed by atoms with Crippen LogP contribution >= 0.6 is 0 Å². The van der Waals surface area contributed by atoms with Gasteiger partial charge in [-0.2, -0.15) is 0 Å². The van der Waals surface area contributed by atoms with Crippen LogP contribution in [-0.4, -0.2) is 150 Å². The molecule has 0 unspecified atom stereocenters. The van der Waals surface area contributed by atoms with Crippen LogP contribution in [0.1, 0.15) is 156 Å². The maximum absolute atomic E-state index is 12.7. The minimum Gasteiger partial charge on any atom is -0.653 e. The van der Waals surface area contributed by atoms with Crippen molar-refractivity contribution in [1.82, 2.24) is 15.1 Å². The highest BCUT2D eigenvalue weighted by Gasteiger charge is 2.48. The Kier molecular flexibility index (Phi) is 35.8. The molecule has 3 aromatic carbocycles. The van der Waals surface area contributed by atoms with Crippen molar-refractivity contribution in [2.45, 2.75) is 185 Å². The zero-order valence-electron chi connectivity index (χ0n) is 59.2. The molecule has 0 radical (unpaired) electrons. The summed E-state index contributed by atoms with van der Waals surface area (Å²) in [5.74, 6) is -6.03. The number of ether oxygens (including phenoxy) is 9. The number of hydrogen-bond acceptors (Lipinski definition) is 20. The highest BCUT2D eigenvalue weighted by molar-refractivity contribution is 5.86. The maximum atomic E-state index is 12.7. The number of esters is 6. The van der Waals surface area contributed by atoms with Crippen molar-refractivity contribution in [3.05, 3.63) is 120 Å². The summed E-state index contributed by atoms with van der Waals surface area (Å²) in [5.41, 5.74) is -0.398. The van der Waals surface area contributed by atoms with Gasteiger partial charge in [-0.05, 0) is 127 Å². The highest BCUT2D eigenvalue weighted by Crippen LogP contribution is 2.31. The number of carbonyl (C=O) groups excluding carboxylic acids is 9. The SMILES string of the molecule is CC.CC(C)(C)OC(=O)[C@H]1CN(C(=O)OC(C)(C)C)C[C@@H]1C(=O)OCc1ccccc1.CC(C)(C)OC(=O)[C@H]1CN(C(=O)OC(C)(C)C)C[C@@H]1CO.CC(C)(C)OC(=O)[C@H]1CNC[C@@H]1C(=O)OCc1ccccc1.CCCCO[C-]=O.[3H]C=CC(=O)OCc1ccccc1. The summed E-state index contributed by atoms with van der Waals surface area (Å²) in [6.45, 7) is 37.5. The molecule has 3 saturated heterocycles. The molecular formula is C71H106N3O19-. The smallest absolute Gasteiger partial charge is 0.410 e. The standard InChI is InChI=1S/C22H31NO6.C17H23NO4.C15H27NO5.C10H10O2.C5H9O2.C2H6/c1-21(2,3)28-19(25)17-13-23(20(26)29-22(4,5)6)12-16(17)18(24)27-14-15-10-8-7-9-11-15;1-17(2,3)22-16(20)14-10-18-9-13(14)15(19)21-11-12-7-5-4-6-8-12;1-14(2,3)20-12(18)11-8-16(7-10(11)9-17)13(19)21-15(4,5)6;1-2-10(11)12-8-9-6-4-3-5-7-9;1-2-3-4-7-5-6;1-2/h7-11,16-17H,12-14H2,1-6H3;4-8,13-14,18H,9-11H2,1-3H3;10-11,17H,7-9H2,1-6H3;2-7H,1,8H2;2-4H2,1H3;1-2H3/q;;;;-1;/t16-,17-;13-,14-;10-,11+;;;/m001.../s1/i;;;1T;;. The van der Waals surface area contributed by atoms with E-state index in [1.165, 1.54) is 16.3 Å². The van der Waals surface area contributed by atoms with Gasteiger partial charge in [-0.15, -0.1) is 0 Å². The number of nitrogens with zero attached hydrogens (tertiary/aromatic N) is 2. The molecule has 0 bridgehead atoms. The van der Waals surface area contributed by atoms with E-state index in [4.69, 9.17) is 39.3 Å². The monoisotopic (exact) mass is 1310 g/mol. The van der Waals surface area contributed by atoms with E-state index in [1.54, 1.807) is 83.1 Å². The Labute approximate surface area is 553 Å². The molecule has 0 saturated carbocycles. The fourth-order valence-corrected chi connectivity index (χ4v) is 8.57. The molecule has 3 aromatic rings. The number of nitrogens with one attached hydrogen (secondary N) is 1. The van der Waals surface area contributed by atoms with Gasteiger partial charge in [0.25, 0.3) is 0 Å². The highest BCUT2D eigenvalue weighted by atomic mass is 16.6. The zero-order valence-corrected chi connectivity index (χ0v) is 58.2. The van der Waals surface area contributed by atoms with Crippen LogP contribution in [0.25, 0.3) is 0 Å². The Bertz CT molecular complexity index is 2790. The number of amides is 2. The molecule has 3 heterocycles. The summed E-state index contributed by atoms with van der Waals surface area (Å²) < 4.78 is 53.4. The van der Waals surface area contributed by atoms with Gasteiger partial charge in [0.1, 0.15) is 47.8 Å². The normalized spacial score (nSPS) is 18.5. The summed E-state index contributed by atoms with van der Waals surface area (Å²) in [6, 6.07) is 28.2. The molecule has 2 N–H and O–H groups in total. The molecule has 6 atom stereocenters. The number of aliphatic hydroxyl groups excluding tert-OH is 1. The van der Waals surface area contributed by atoms with Gasteiger partial charge in [-0.3, -0.25) is 24.0 Å². The van der Waals surface area contributed by atoms with Crippen LogP contribution in [0.2, 0.25) is 0 Å². The van der Waals surface area contributed by atoms with Crippen molar-refractivity contribution in [2.75, 3.05) is 52.5 Å². The lowest BCUT2D eigenvalue weighted by Gasteiger charge is -2.25. The Morgan fingerprint density at radius 2 is 0.849 bits per heavy atom. The molecule has 6 rings (SSSR count). The fraction of sp³-hybridized carbons (Fsp3) is 0.592. The van der Waals surface area contributed by atoms with Crippen LogP contribution in [0.15, 0.2) is 104 Å². The summed E-state index contributed by atoms with van der Waals surface area (Å²) in [7, 11) is 0. The Morgan fingerprint density at radius 1 is 0.516 bits per heavy atom. The summed E-state index contributed by atoms with van der Waals surface area (Å²) in [5, 5.41) is 12.5. The van der Waals surface area contributed by atoms with Gasteiger partial charge in [0.15, 0.2) is 0 Å². The first kappa shape index (κ1) is 81.2. The van der Waals surface area contributed by atoms with Crippen LogP contribution in [0.4, 0.5) is 9.59 Å². The largest absolute Gasteiger partial charge is 0.653 e. The Morgan fingerprint density at radius 3 is 1.22 bits per heavy atom. The minimum absolute atomic E-state index is 0.0481. The van der Waals surface area contributed by atoms with E-state index in [9.17, 15) is 48.3 Å². The number of unbranched alkanes of at least 4 members (excludes halogenated alkanes) is 1. The average Bonchev–Trinajstić information content (AvgIpc) is 1.69. The van der Waals surface area contributed by atoms with Gasteiger partial charge in [0.05, 0.1) is 31.0 Å². The van der Waals surface area contributed by atoms with Gasteiger partial charge < -0.3 is 67.6 Å². The molecule has 0 aromatic heterocycles. The number of hydrogen-bond donors (Lipinski definition) is 2. The molecule has 22 heteroatoms. The van der Waals surface area contributed by atoms with Crippen molar-refractivity contribution in [3.8, 4) is 0 Å². The molecule has 3 aliphatic rings. The lowest BCUT2D eigenvalue weighted by molar-refractivity contribution is -0.166. The third-order valence-electron chi connectivity index (χ3n) is 12.7. The summed E-state index contributed by atoms with van der Waals surface area (Å²) in [4.78, 5) is 109. The Balaban J connectivity index is 0.000000615. The van der Waals surface area contributed by atoms with Gasteiger partial charge in [0.2, 0.25) is 0 Å². The van der Waals surface area contributed by atoms with Crippen LogP contribution in [0.3, 0.4) is 0 Å². The van der Waals surface area contributed by atoms with Gasteiger partial charge >= 0.3 is 48.0 Å². The first-order valence-corrected chi connectivity index (χ1v) is 31.5. The maximum Gasteiger partial charge on any atom is 0.410 e. The molecule has 3 fully saturated rings. The van der Waals surface area contributed by atoms with Gasteiger partial charge in [0, 0.05) is 64.5 Å². The van der Waals surface area contributed by atoms with Crippen molar-refractivity contribution in [3.63, 3.8) is 0 Å². The zero-order chi connectivity index (χ0) is 71.5. The minimum atomic E-state index is -0.805. The second-order valence-corrected chi connectivity index (χ2v) is 26.7. The quantitative estimate of drug-likeness (QED) is 0.0418. The van der Waals surface area contributed by atoms with E-state index in [2.05, 4.69) is 10.1 Å². The van der Waals surface area contributed by atoms with E-state index in [0.29, 0.717) is 26.2 Å². The number of benzene rings is 3. The predicted octanol–water partition coefficient (Wildman–Crippen LogP) is 11.1. The van der Waals surface area contributed by atoms with Gasteiger partial charge in [-0.1, -0.05) is 131 Å². The molecule has 0 spiro atoms.